The number of carbonyl (C=O) groups is 2. The Balaban J connectivity index is 2.14. The van der Waals surface area contributed by atoms with E-state index in [9.17, 15) is 14.7 Å². The second-order valence-corrected chi connectivity index (χ2v) is 4.19. The van der Waals surface area contributed by atoms with Crippen molar-refractivity contribution in [2.75, 3.05) is 5.32 Å². The molecule has 0 aliphatic rings. The first-order chi connectivity index (χ1) is 9.47. The van der Waals surface area contributed by atoms with Gasteiger partial charge < -0.3 is 15.5 Å². The Hall–Kier alpha value is -2.89. The van der Waals surface area contributed by atoms with Gasteiger partial charge in [-0.2, -0.15) is 0 Å². The van der Waals surface area contributed by atoms with Gasteiger partial charge in [0.05, 0.1) is 11.9 Å². The van der Waals surface area contributed by atoms with Crippen LogP contribution in [0.4, 0.5) is 5.69 Å². The summed E-state index contributed by atoms with van der Waals surface area (Å²) >= 11 is 0. The average molecular weight is 272 g/mol. The molecule has 0 radical (unpaired) electrons. The number of carbonyl (C=O) groups excluding carboxylic acids is 1. The highest BCUT2D eigenvalue weighted by Crippen LogP contribution is 2.18. The average Bonchev–Trinajstić information content (AvgIpc) is 2.42. The molecule has 0 aliphatic heterocycles. The molecule has 6 heteroatoms. The highest BCUT2D eigenvalue weighted by atomic mass is 16.4. The van der Waals surface area contributed by atoms with E-state index in [0.29, 0.717) is 16.8 Å². The minimum absolute atomic E-state index is 0.0389. The number of benzene rings is 1. The van der Waals surface area contributed by atoms with Crippen LogP contribution in [0.15, 0.2) is 36.5 Å². The molecule has 1 heterocycles. The molecule has 1 aromatic heterocycles. The van der Waals surface area contributed by atoms with Gasteiger partial charge in [-0.3, -0.25) is 4.79 Å². The minimum atomic E-state index is -1.13. The lowest BCUT2D eigenvalue weighted by atomic mass is 10.1. The molecular formula is C14H12N2O4. The normalized spacial score (nSPS) is 10.1. The van der Waals surface area contributed by atoms with Crippen molar-refractivity contribution >= 4 is 17.6 Å². The number of phenols is 1. The number of nitrogens with zero attached hydrogens (tertiary/aromatic N) is 1. The number of carboxylic acids is 1. The number of hydrogen-bond acceptors (Lipinski definition) is 4. The number of carboxylic acid groups (broad SMARTS) is 1. The van der Waals surface area contributed by atoms with E-state index in [1.54, 1.807) is 19.1 Å². The number of anilines is 1. The van der Waals surface area contributed by atoms with Gasteiger partial charge in [0, 0.05) is 5.56 Å². The molecule has 2 rings (SSSR count). The van der Waals surface area contributed by atoms with Gasteiger partial charge in [-0.25, -0.2) is 9.78 Å². The fraction of sp³-hybridized carbons (Fsp3) is 0.0714. The van der Waals surface area contributed by atoms with Crippen LogP contribution in [-0.2, 0) is 0 Å². The number of pyridine rings is 1. The molecule has 0 saturated heterocycles. The van der Waals surface area contributed by atoms with Crippen molar-refractivity contribution in [2.45, 2.75) is 6.92 Å². The van der Waals surface area contributed by atoms with Crippen LogP contribution in [0.25, 0.3) is 0 Å². The van der Waals surface area contributed by atoms with Crippen molar-refractivity contribution in [3.8, 4) is 5.75 Å². The molecule has 0 unspecified atom stereocenters. The molecular weight excluding hydrogens is 260 g/mol. The van der Waals surface area contributed by atoms with Crippen LogP contribution in [0.2, 0.25) is 0 Å². The Morgan fingerprint density at radius 1 is 1.20 bits per heavy atom. The zero-order valence-corrected chi connectivity index (χ0v) is 10.6. The van der Waals surface area contributed by atoms with Gasteiger partial charge in [-0.15, -0.1) is 0 Å². The standard InChI is InChI=1S/C14H12N2O4/c1-8-2-3-9(6-12(8)17)13(18)16-10-4-5-11(14(19)20)15-7-10/h2-7,17H,1H3,(H,16,18)(H,19,20). The first kappa shape index (κ1) is 13.5. The van der Waals surface area contributed by atoms with Crippen LogP contribution in [0.3, 0.4) is 0 Å². The van der Waals surface area contributed by atoms with E-state index >= 15 is 0 Å². The van der Waals surface area contributed by atoms with E-state index in [2.05, 4.69) is 10.3 Å². The van der Waals surface area contributed by atoms with Gasteiger partial charge in [-0.1, -0.05) is 6.07 Å². The summed E-state index contributed by atoms with van der Waals surface area (Å²) in [6.45, 7) is 1.73. The van der Waals surface area contributed by atoms with Gasteiger partial charge in [-0.05, 0) is 36.8 Å². The van der Waals surface area contributed by atoms with E-state index < -0.39 is 11.9 Å². The van der Waals surface area contributed by atoms with Crippen LogP contribution < -0.4 is 5.32 Å². The fourth-order valence-corrected chi connectivity index (χ4v) is 1.55. The summed E-state index contributed by atoms with van der Waals surface area (Å²) in [5.74, 6) is -1.51. The third kappa shape index (κ3) is 2.92. The molecule has 1 amide bonds. The maximum Gasteiger partial charge on any atom is 0.354 e. The van der Waals surface area contributed by atoms with Crippen molar-refractivity contribution in [1.29, 1.82) is 0 Å². The predicted octanol–water partition coefficient (Wildman–Crippen LogP) is 2.05. The van der Waals surface area contributed by atoms with Crippen LogP contribution in [0, 0.1) is 6.92 Å². The van der Waals surface area contributed by atoms with Crippen molar-refractivity contribution in [2.24, 2.45) is 0 Å². The molecule has 6 nitrogen and oxygen atoms in total. The number of rotatable bonds is 3. The Bertz CT molecular complexity index is 665. The van der Waals surface area contributed by atoms with Crippen molar-refractivity contribution in [1.82, 2.24) is 4.98 Å². The van der Waals surface area contributed by atoms with Gasteiger partial charge in [0.1, 0.15) is 11.4 Å². The number of aromatic nitrogens is 1. The summed E-state index contributed by atoms with van der Waals surface area (Å²) in [7, 11) is 0. The molecule has 102 valence electrons. The third-order valence-electron chi connectivity index (χ3n) is 2.71. The summed E-state index contributed by atoms with van der Waals surface area (Å²) in [5, 5.41) is 20.8. The smallest absolute Gasteiger partial charge is 0.354 e. The van der Waals surface area contributed by atoms with Crippen molar-refractivity contribution in [3.05, 3.63) is 53.3 Å². The van der Waals surface area contributed by atoms with Gasteiger partial charge in [0.15, 0.2) is 0 Å². The summed E-state index contributed by atoms with van der Waals surface area (Å²) < 4.78 is 0. The Morgan fingerprint density at radius 3 is 2.50 bits per heavy atom. The second kappa shape index (κ2) is 5.40. The second-order valence-electron chi connectivity index (χ2n) is 4.19. The number of aromatic carboxylic acids is 1. The maximum atomic E-state index is 11.9. The lowest BCUT2D eigenvalue weighted by molar-refractivity contribution is 0.0690. The van der Waals surface area contributed by atoms with Crippen LogP contribution in [-0.4, -0.2) is 27.1 Å². The number of amides is 1. The first-order valence-corrected chi connectivity index (χ1v) is 5.77. The zero-order chi connectivity index (χ0) is 14.7. The highest BCUT2D eigenvalue weighted by molar-refractivity contribution is 6.04. The summed E-state index contributed by atoms with van der Waals surface area (Å²) in [6.07, 6.45) is 1.26. The SMILES string of the molecule is Cc1ccc(C(=O)Nc2ccc(C(=O)O)nc2)cc1O. The summed E-state index contributed by atoms with van der Waals surface area (Å²) in [6, 6.07) is 7.33. The molecule has 2 aromatic rings. The molecule has 0 fully saturated rings. The molecule has 0 atom stereocenters. The van der Waals surface area contributed by atoms with E-state index in [-0.39, 0.29) is 11.4 Å². The fourth-order valence-electron chi connectivity index (χ4n) is 1.55. The molecule has 0 spiro atoms. The lowest BCUT2D eigenvalue weighted by Crippen LogP contribution is -2.12. The highest BCUT2D eigenvalue weighted by Gasteiger charge is 2.09. The summed E-state index contributed by atoms with van der Waals surface area (Å²) in [5.41, 5.74) is 1.25. The monoisotopic (exact) mass is 272 g/mol. The van der Waals surface area contributed by atoms with Crippen molar-refractivity contribution in [3.63, 3.8) is 0 Å². The maximum absolute atomic E-state index is 11.9. The van der Waals surface area contributed by atoms with E-state index in [1.807, 2.05) is 0 Å². The molecule has 0 saturated carbocycles. The Labute approximate surface area is 114 Å². The molecule has 0 bridgehead atoms. The number of hydrogen-bond donors (Lipinski definition) is 3. The Morgan fingerprint density at radius 2 is 1.95 bits per heavy atom. The molecule has 0 aliphatic carbocycles. The lowest BCUT2D eigenvalue weighted by Gasteiger charge is -2.06. The van der Waals surface area contributed by atoms with E-state index in [4.69, 9.17) is 5.11 Å². The molecule has 20 heavy (non-hydrogen) atoms. The number of aromatic hydroxyl groups is 1. The number of aryl methyl sites for hydroxylation is 1. The van der Waals surface area contributed by atoms with Crippen molar-refractivity contribution < 1.29 is 19.8 Å². The number of nitrogens with one attached hydrogen (secondary N) is 1. The predicted molar refractivity (Wildman–Crippen MR) is 72.0 cm³/mol. The van der Waals surface area contributed by atoms with Gasteiger partial charge >= 0.3 is 5.97 Å². The Kier molecular flexibility index (Phi) is 3.65. The molecule has 3 N–H and O–H groups in total. The van der Waals surface area contributed by atoms with Gasteiger partial charge in [0.25, 0.3) is 5.91 Å². The third-order valence-corrected chi connectivity index (χ3v) is 2.71. The quantitative estimate of drug-likeness (QED) is 0.794. The first-order valence-electron chi connectivity index (χ1n) is 5.77. The van der Waals surface area contributed by atoms with E-state index in [1.165, 1.54) is 24.4 Å². The van der Waals surface area contributed by atoms with Crippen LogP contribution >= 0.6 is 0 Å². The van der Waals surface area contributed by atoms with E-state index in [0.717, 1.165) is 0 Å². The number of phenolic OH excluding ortho intramolecular Hbond substituents is 1. The molecule has 1 aromatic carbocycles. The topological polar surface area (TPSA) is 99.5 Å². The zero-order valence-electron chi connectivity index (χ0n) is 10.6. The minimum Gasteiger partial charge on any atom is -0.508 e. The van der Waals surface area contributed by atoms with Gasteiger partial charge in [0.2, 0.25) is 0 Å². The van der Waals surface area contributed by atoms with Crippen LogP contribution in [0.5, 0.6) is 5.75 Å². The largest absolute Gasteiger partial charge is 0.508 e. The summed E-state index contributed by atoms with van der Waals surface area (Å²) in [4.78, 5) is 26.3. The van der Waals surface area contributed by atoms with Crippen LogP contribution in [0.1, 0.15) is 26.4 Å².